The number of ether oxygens (including phenoxy) is 1. The van der Waals surface area contributed by atoms with E-state index >= 15 is 0 Å². The Morgan fingerprint density at radius 3 is 2.67 bits per heavy atom. The van der Waals surface area contributed by atoms with Crippen LogP contribution in [0.4, 0.5) is 14.5 Å². The summed E-state index contributed by atoms with van der Waals surface area (Å²) in [7, 11) is 0. The summed E-state index contributed by atoms with van der Waals surface area (Å²) in [5.41, 5.74) is -0.140. The zero-order valence-electron chi connectivity index (χ0n) is 12.7. The normalized spacial score (nSPS) is 11.6. The third-order valence-electron chi connectivity index (χ3n) is 3.23. The molecule has 8 heteroatoms. The minimum absolute atomic E-state index is 0.0433. The van der Waals surface area contributed by atoms with E-state index in [0.29, 0.717) is 0 Å². The van der Waals surface area contributed by atoms with Gasteiger partial charge in [0.25, 0.3) is 5.91 Å². The second-order valence-electron chi connectivity index (χ2n) is 4.97. The first-order valence-electron chi connectivity index (χ1n) is 6.99. The molecule has 0 radical (unpaired) electrons. The number of amides is 1. The SMILES string of the molecule is C[C@@H](NC(=O)COc1ccccc1[N+](=O)[O-])c1ccc(F)cc1F. The summed E-state index contributed by atoms with van der Waals surface area (Å²) in [4.78, 5) is 22.1. The minimum Gasteiger partial charge on any atom is -0.477 e. The Morgan fingerprint density at radius 2 is 2.00 bits per heavy atom. The van der Waals surface area contributed by atoms with Crippen LogP contribution in [-0.4, -0.2) is 17.4 Å². The number of benzene rings is 2. The van der Waals surface area contributed by atoms with E-state index in [2.05, 4.69) is 5.32 Å². The zero-order chi connectivity index (χ0) is 17.7. The van der Waals surface area contributed by atoms with Gasteiger partial charge in [0.05, 0.1) is 11.0 Å². The Balaban J connectivity index is 1.97. The van der Waals surface area contributed by atoms with Gasteiger partial charge in [-0.15, -0.1) is 0 Å². The molecule has 2 aromatic carbocycles. The van der Waals surface area contributed by atoms with Crippen LogP contribution in [0.2, 0.25) is 0 Å². The van der Waals surface area contributed by atoms with Gasteiger partial charge in [-0.3, -0.25) is 14.9 Å². The first-order chi connectivity index (χ1) is 11.4. The van der Waals surface area contributed by atoms with Crippen LogP contribution < -0.4 is 10.1 Å². The standard InChI is InChI=1S/C16H14F2N2O4/c1-10(12-7-6-11(17)8-13(12)18)19-16(21)9-24-15-5-3-2-4-14(15)20(22)23/h2-8,10H,9H2,1H3,(H,19,21)/t10-/m1/s1. The van der Waals surface area contributed by atoms with Crippen LogP contribution in [0, 0.1) is 21.7 Å². The van der Waals surface area contributed by atoms with Crippen LogP contribution in [0.1, 0.15) is 18.5 Å². The van der Waals surface area contributed by atoms with Crippen molar-refractivity contribution in [2.45, 2.75) is 13.0 Å². The Morgan fingerprint density at radius 1 is 1.29 bits per heavy atom. The molecule has 2 rings (SSSR count). The Labute approximate surface area is 136 Å². The predicted octanol–water partition coefficient (Wildman–Crippen LogP) is 3.13. The number of rotatable bonds is 6. The van der Waals surface area contributed by atoms with Gasteiger partial charge in [0.1, 0.15) is 11.6 Å². The summed E-state index contributed by atoms with van der Waals surface area (Å²) in [6.07, 6.45) is 0. The Bertz CT molecular complexity index is 767. The fraction of sp³-hybridized carbons (Fsp3) is 0.188. The van der Waals surface area contributed by atoms with E-state index in [4.69, 9.17) is 4.74 Å². The van der Waals surface area contributed by atoms with Crippen LogP contribution in [-0.2, 0) is 4.79 Å². The molecule has 6 nitrogen and oxygen atoms in total. The lowest BCUT2D eigenvalue weighted by atomic mass is 10.1. The highest BCUT2D eigenvalue weighted by Gasteiger charge is 2.17. The van der Waals surface area contributed by atoms with Crippen molar-refractivity contribution in [3.8, 4) is 5.75 Å². The summed E-state index contributed by atoms with van der Waals surface area (Å²) in [6, 6.07) is 7.97. The number of hydrogen-bond donors (Lipinski definition) is 1. The number of nitro groups is 1. The van der Waals surface area contributed by atoms with Gasteiger partial charge < -0.3 is 10.1 Å². The van der Waals surface area contributed by atoms with Gasteiger partial charge in [0.2, 0.25) is 0 Å². The summed E-state index contributed by atoms with van der Waals surface area (Å²) >= 11 is 0. The molecule has 2 aromatic rings. The number of hydrogen-bond acceptors (Lipinski definition) is 4. The van der Waals surface area contributed by atoms with E-state index in [9.17, 15) is 23.7 Å². The van der Waals surface area contributed by atoms with Gasteiger partial charge >= 0.3 is 5.69 Å². The van der Waals surface area contributed by atoms with Crippen molar-refractivity contribution >= 4 is 11.6 Å². The molecule has 0 aliphatic rings. The Hall–Kier alpha value is -3.03. The molecule has 0 aliphatic heterocycles. The average Bonchev–Trinajstić information content (AvgIpc) is 2.52. The molecule has 1 N–H and O–H groups in total. The number of carbonyl (C=O) groups excluding carboxylic acids is 1. The van der Waals surface area contributed by atoms with Gasteiger partial charge in [-0.2, -0.15) is 0 Å². The van der Waals surface area contributed by atoms with Gasteiger partial charge in [-0.25, -0.2) is 8.78 Å². The maximum atomic E-state index is 13.6. The number of nitrogens with zero attached hydrogens (tertiary/aromatic N) is 1. The average molecular weight is 336 g/mol. The molecule has 0 fully saturated rings. The molecule has 1 atom stereocenters. The van der Waals surface area contributed by atoms with Crippen LogP contribution >= 0.6 is 0 Å². The molecule has 0 saturated carbocycles. The zero-order valence-corrected chi connectivity index (χ0v) is 12.7. The molecule has 0 heterocycles. The van der Waals surface area contributed by atoms with E-state index in [-0.39, 0.29) is 17.0 Å². The van der Waals surface area contributed by atoms with E-state index in [0.717, 1.165) is 12.1 Å². The van der Waals surface area contributed by atoms with Gasteiger partial charge in [-0.05, 0) is 19.1 Å². The molecule has 0 unspecified atom stereocenters. The van der Waals surface area contributed by atoms with Gasteiger partial charge in [0, 0.05) is 17.7 Å². The van der Waals surface area contributed by atoms with Gasteiger partial charge in [-0.1, -0.05) is 18.2 Å². The first-order valence-corrected chi connectivity index (χ1v) is 6.99. The van der Waals surface area contributed by atoms with Crippen molar-refractivity contribution in [3.63, 3.8) is 0 Å². The van der Waals surface area contributed by atoms with E-state index in [1.807, 2.05) is 0 Å². The highest BCUT2D eigenvalue weighted by molar-refractivity contribution is 5.78. The molecule has 0 saturated heterocycles. The molecule has 0 bridgehead atoms. The molecule has 0 aromatic heterocycles. The van der Waals surface area contributed by atoms with Crippen molar-refractivity contribution in [2.24, 2.45) is 0 Å². The first kappa shape index (κ1) is 17.3. The molecule has 0 spiro atoms. The van der Waals surface area contributed by atoms with Crippen LogP contribution in [0.25, 0.3) is 0 Å². The van der Waals surface area contributed by atoms with Crippen LogP contribution in [0.3, 0.4) is 0 Å². The quantitative estimate of drug-likeness (QED) is 0.649. The van der Waals surface area contributed by atoms with Crippen LogP contribution in [0.15, 0.2) is 42.5 Å². The molecular formula is C16H14F2N2O4. The maximum absolute atomic E-state index is 13.6. The molecule has 1 amide bonds. The van der Waals surface area contributed by atoms with E-state index < -0.39 is 35.1 Å². The van der Waals surface area contributed by atoms with Crippen molar-refractivity contribution in [1.29, 1.82) is 0 Å². The maximum Gasteiger partial charge on any atom is 0.310 e. The van der Waals surface area contributed by atoms with Gasteiger partial charge in [0.15, 0.2) is 12.4 Å². The minimum atomic E-state index is -0.776. The third-order valence-corrected chi connectivity index (χ3v) is 3.23. The second-order valence-corrected chi connectivity index (χ2v) is 4.97. The number of nitro benzene ring substituents is 1. The largest absolute Gasteiger partial charge is 0.477 e. The number of nitrogens with one attached hydrogen (secondary N) is 1. The lowest BCUT2D eigenvalue weighted by Gasteiger charge is -2.15. The van der Waals surface area contributed by atoms with E-state index in [1.165, 1.54) is 37.3 Å². The monoisotopic (exact) mass is 336 g/mol. The van der Waals surface area contributed by atoms with E-state index in [1.54, 1.807) is 0 Å². The van der Waals surface area contributed by atoms with Crippen molar-refractivity contribution < 1.29 is 23.2 Å². The van der Waals surface area contributed by atoms with Crippen molar-refractivity contribution in [2.75, 3.05) is 6.61 Å². The smallest absolute Gasteiger partial charge is 0.310 e. The lowest BCUT2D eigenvalue weighted by Crippen LogP contribution is -2.31. The number of halogens is 2. The third kappa shape index (κ3) is 4.25. The fourth-order valence-electron chi connectivity index (χ4n) is 2.09. The number of para-hydroxylation sites is 2. The summed E-state index contributed by atoms with van der Waals surface area (Å²) in [6.45, 7) is 1.05. The van der Waals surface area contributed by atoms with Crippen molar-refractivity contribution in [3.05, 3.63) is 69.8 Å². The predicted molar refractivity (Wildman–Crippen MR) is 81.5 cm³/mol. The number of carbonyl (C=O) groups is 1. The highest BCUT2D eigenvalue weighted by Crippen LogP contribution is 2.25. The molecule has 24 heavy (non-hydrogen) atoms. The second kappa shape index (κ2) is 7.49. The van der Waals surface area contributed by atoms with Crippen molar-refractivity contribution in [1.82, 2.24) is 5.32 Å². The summed E-state index contributed by atoms with van der Waals surface area (Å²) in [5, 5.41) is 13.3. The topological polar surface area (TPSA) is 81.5 Å². The van der Waals surface area contributed by atoms with Crippen LogP contribution in [0.5, 0.6) is 5.75 Å². The highest BCUT2D eigenvalue weighted by atomic mass is 19.1. The summed E-state index contributed by atoms with van der Waals surface area (Å²) < 4.78 is 31.7. The molecule has 0 aliphatic carbocycles. The summed E-state index contributed by atoms with van der Waals surface area (Å²) in [5.74, 6) is -2.13. The Kier molecular flexibility index (Phi) is 5.41. The fourth-order valence-corrected chi connectivity index (χ4v) is 2.09. The lowest BCUT2D eigenvalue weighted by molar-refractivity contribution is -0.385. The molecule has 126 valence electrons. The molecular weight excluding hydrogens is 322 g/mol.